The number of nitrogens with zero attached hydrogens (tertiary/aromatic N) is 14. The number of nitrogens with two attached hydrogens (primary N) is 1. The Labute approximate surface area is 598 Å². The number of hydrogen-bond acceptors (Lipinski definition) is 23. The topological polar surface area (TPSA) is 346 Å². The van der Waals surface area contributed by atoms with Crippen LogP contribution in [-0.2, 0) is 30.2 Å². The van der Waals surface area contributed by atoms with Gasteiger partial charge in [-0.15, -0.1) is 0 Å². The van der Waals surface area contributed by atoms with Crippen molar-refractivity contribution in [1.82, 2.24) is 49.8 Å². The summed E-state index contributed by atoms with van der Waals surface area (Å²) in [5.74, 6) is 0.606. The van der Waals surface area contributed by atoms with E-state index in [1.165, 1.54) is 24.5 Å². The standard InChI is InChI=1S/C28H33N5O3.C14H20N4O4.C14H22N4O2.C9H18N2O2.C5H3BrN2O2/c1-20-17-23(11-12-29-20)22-7-5-21(6-8-22)18-26(34)31-25-10-9-24(19-30-25)32-13-15-33(16-14-32)27(35)36-28(2,3)4;1-14(2,3)22-13(19)17-8-6-16(7-9-17)11-4-5-12(15-10-11)18(20)21;1-14(2,3)20-13(19)18-8-6-17(7-9-18)11-4-5-12(15)16-10-11;1-9(2,3)13-8(12)11-6-4-10-5-7-11;6-4-1-2-5(7-3-4)8(9)10/h5-12,17,19H,13-16,18H2,1-4H3,(H,30,31,34);4-5,10H,6-9H2,1-3H3;4-5,10H,6-9H2,1-3H3,(H2,15,16);10H,4-7H2,1-3H3;1-3H. The van der Waals surface area contributed by atoms with Gasteiger partial charge >= 0.3 is 36.0 Å². The molecule has 0 radical (unpaired) electrons. The Morgan fingerprint density at radius 2 is 0.871 bits per heavy atom. The van der Waals surface area contributed by atoms with Gasteiger partial charge in [0, 0.05) is 129 Å². The summed E-state index contributed by atoms with van der Waals surface area (Å²) in [5.41, 5.74) is 10.6. The van der Waals surface area contributed by atoms with Gasteiger partial charge in [0.2, 0.25) is 5.91 Å². The molecule has 0 spiro atoms. The van der Waals surface area contributed by atoms with Crippen LogP contribution in [0.2, 0.25) is 0 Å². The lowest BCUT2D eigenvalue weighted by Crippen LogP contribution is -2.50. The molecule has 10 rings (SSSR count). The fourth-order valence-electron chi connectivity index (χ4n) is 9.89. The first-order valence-electron chi connectivity index (χ1n) is 33.2. The van der Waals surface area contributed by atoms with Gasteiger partial charge in [-0.25, -0.2) is 29.1 Å². The van der Waals surface area contributed by atoms with E-state index in [0.29, 0.717) is 77.1 Å². The van der Waals surface area contributed by atoms with Crippen molar-refractivity contribution in [3.8, 4) is 11.1 Å². The largest absolute Gasteiger partial charge is 0.444 e. The highest BCUT2D eigenvalue weighted by Gasteiger charge is 2.30. The number of halogens is 1. The molecule has 1 aromatic carbocycles. The molecule has 4 fully saturated rings. The van der Waals surface area contributed by atoms with E-state index in [-0.39, 0.29) is 53.9 Å². The first-order valence-corrected chi connectivity index (χ1v) is 34.0. The molecule has 5 amide bonds. The summed E-state index contributed by atoms with van der Waals surface area (Å²) in [4.78, 5) is 113. The van der Waals surface area contributed by atoms with Crippen molar-refractivity contribution in [2.45, 2.75) is 119 Å². The summed E-state index contributed by atoms with van der Waals surface area (Å²) in [6.07, 6.45) is 7.43. The molecule has 0 unspecified atom stereocenters. The summed E-state index contributed by atoms with van der Waals surface area (Å²) in [6.45, 7) is 35.4. The van der Waals surface area contributed by atoms with Gasteiger partial charge in [-0.05, 0) is 191 Å². The number of carbonyl (C=O) groups excluding carboxylic acids is 5. The van der Waals surface area contributed by atoms with E-state index in [0.717, 1.165) is 83.2 Å². The number of hydrogen-bond donors (Lipinski definition) is 3. The lowest BCUT2D eigenvalue weighted by molar-refractivity contribution is -0.389. The molecule has 9 heterocycles. The average molecular weight is 1460 g/mol. The molecule has 4 N–H and O–H groups in total. The number of aromatic nitrogens is 5. The molecule has 31 heteroatoms. The van der Waals surface area contributed by atoms with E-state index in [1.54, 1.807) is 56.4 Å². The third kappa shape index (κ3) is 28.6. The summed E-state index contributed by atoms with van der Waals surface area (Å²) < 4.78 is 22.1. The van der Waals surface area contributed by atoms with Crippen LogP contribution in [-0.4, -0.2) is 212 Å². The van der Waals surface area contributed by atoms with Crippen molar-refractivity contribution >= 4 is 86.5 Å². The lowest BCUT2D eigenvalue weighted by atomic mass is 10.0. The van der Waals surface area contributed by atoms with Crippen molar-refractivity contribution in [3.05, 3.63) is 152 Å². The van der Waals surface area contributed by atoms with Crippen LogP contribution in [0.25, 0.3) is 11.1 Å². The third-order valence-electron chi connectivity index (χ3n) is 14.8. The quantitative estimate of drug-likeness (QED) is 0.0687. The Kier molecular flexibility index (Phi) is 29.2. The minimum Gasteiger partial charge on any atom is -0.444 e. The molecule has 30 nitrogen and oxygen atoms in total. The maximum Gasteiger partial charge on any atom is 0.410 e. The number of rotatable bonds is 9. The zero-order valence-corrected chi connectivity index (χ0v) is 61.6. The van der Waals surface area contributed by atoms with Gasteiger partial charge < -0.3 is 89.8 Å². The smallest absolute Gasteiger partial charge is 0.410 e. The Bertz CT molecular complexity index is 3650. The first kappa shape index (κ1) is 79.9. The van der Waals surface area contributed by atoms with Gasteiger partial charge in [-0.3, -0.25) is 9.78 Å². The molecule has 4 aliphatic heterocycles. The van der Waals surface area contributed by atoms with E-state index in [2.05, 4.69) is 61.3 Å². The van der Waals surface area contributed by atoms with Crippen molar-refractivity contribution in [3.63, 3.8) is 0 Å². The van der Waals surface area contributed by atoms with Crippen LogP contribution in [0, 0.1) is 27.2 Å². The maximum absolute atomic E-state index is 12.5. The fraction of sp³-hybridized carbons (Fsp3) is 0.486. The number of benzene rings is 1. The number of carbonyl (C=O) groups is 5. The number of nitro groups is 2. The van der Waals surface area contributed by atoms with E-state index >= 15 is 0 Å². The highest BCUT2D eigenvalue weighted by atomic mass is 79.9. The highest BCUT2D eigenvalue weighted by molar-refractivity contribution is 9.10. The van der Waals surface area contributed by atoms with Crippen molar-refractivity contribution in [2.75, 3.05) is 130 Å². The third-order valence-corrected chi connectivity index (χ3v) is 15.3. The molecule has 0 saturated carbocycles. The summed E-state index contributed by atoms with van der Waals surface area (Å²) >= 11 is 3.11. The first-order chi connectivity index (χ1) is 47.5. The summed E-state index contributed by atoms with van der Waals surface area (Å²) in [5, 5.41) is 26.7. The number of nitrogens with one attached hydrogen (secondary N) is 2. The summed E-state index contributed by atoms with van der Waals surface area (Å²) in [6, 6.07) is 25.5. The second-order valence-corrected chi connectivity index (χ2v) is 28.7. The second kappa shape index (κ2) is 36.9. The van der Waals surface area contributed by atoms with Crippen molar-refractivity contribution < 1.29 is 52.8 Å². The van der Waals surface area contributed by atoms with Gasteiger partial charge in [0.15, 0.2) is 12.4 Å². The van der Waals surface area contributed by atoms with Crippen LogP contribution in [0.15, 0.2) is 120 Å². The fourth-order valence-corrected chi connectivity index (χ4v) is 10.1. The van der Waals surface area contributed by atoms with Crippen LogP contribution < -0.4 is 31.1 Å². The number of piperazine rings is 4. The number of ether oxygens (including phenoxy) is 4. The van der Waals surface area contributed by atoms with Gasteiger partial charge in [-0.1, -0.05) is 24.3 Å². The predicted octanol–water partition coefficient (Wildman–Crippen LogP) is 11.0. The van der Waals surface area contributed by atoms with E-state index in [9.17, 15) is 44.2 Å². The minimum absolute atomic E-state index is 0.117. The monoisotopic (exact) mass is 1460 g/mol. The van der Waals surface area contributed by atoms with Crippen molar-refractivity contribution in [2.24, 2.45) is 0 Å². The number of aryl methyl sites for hydroxylation is 1. The molecule has 0 aliphatic carbocycles. The molecule has 4 saturated heterocycles. The zero-order chi connectivity index (χ0) is 74.2. The lowest BCUT2D eigenvalue weighted by Gasteiger charge is -2.36. The number of amides is 5. The van der Waals surface area contributed by atoms with Gasteiger partial charge in [0.25, 0.3) is 0 Å². The molecule has 101 heavy (non-hydrogen) atoms. The molecule has 5 aromatic heterocycles. The molecular formula is C70H96BrN17O13. The molecule has 4 aliphatic rings. The highest BCUT2D eigenvalue weighted by Crippen LogP contribution is 2.25. The Morgan fingerprint density at radius 1 is 0.485 bits per heavy atom. The average Bonchev–Trinajstić information content (AvgIpc) is 0.854. The maximum atomic E-state index is 12.5. The normalized spacial score (nSPS) is 14.9. The number of pyridine rings is 5. The van der Waals surface area contributed by atoms with E-state index < -0.39 is 26.6 Å². The van der Waals surface area contributed by atoms with Crippen LogP contribution >= 0.6 is 15.9 Å². The zero-order valence-electron chi connectivity index (χ0n) is 60.0. The molecule has 0 bridgehead atoms. The van der Waals surface area contributed by atoms with Crippen LogP contribution in [0.4, 0.5) is 59.5 Å². The van der Waals surface area contributed by atoms with Crippen molar-refractivity contribution in [1.29, 1.82) is 0 Å². The Morgan fingerprint density at radius 3 is 1.22 bits per heavy atom. The Balaban J connectivity index is 0.000000213. The predicted molar refractivity (Wildman–Crippen MR) is 390 cm³/mol. The molecule has 6 aromatic rings. The molecule has 0 atom stereocenters. The van der Waals surface area contributed by atoms with Gasteiger partial charge in [-0.2, -0.15) is 0 Å². The summed E-state index contributed by atoms with van der Waals surface area (Å²) in [7, 11) is 0. The number of nitrogen functional groups attached to an aromatic ring is 1. The van der Waals surface area contributed by atoms with E-state index in [4.69, 9.17) is 24.7 Å². The number of anilines is 5. The minimum atomic E-state index is -0.535. The van der Waals surface area contributed by atoms with Crippen LogP contribution in [0.5, 0.6) is 0 Å². The Hall–Kier alpha value is -10.0. The van der Waals surface area contributed by atoms with Gasteiger partial charge in [0.05, 0.1) is 40.3 Å². The molecular weight excluding hydrogens is 1370 g/mol. The second-order valence-electron chi connectivity index (χ2n) is 27.8. The van der Waals surface area contributed by atoms with Crippen LogP contribution in [0.3, 0.4) is 0 Å². The molecule has 546 valence electrons. The van der Waals surface area contributed by atoms with Crippen LogP contribution in [0.1, 0.15) is 94.3 Å². The SMILES string of the molecule is CC(C)(C)OC(=O)N1CCN(c2ccc(N)nc2)CC1.CC(C)(C)OC(=O)N1CCN(c2ccc([N+](=O)[O-])nc2)CC1.CC(C)(C)OC(=O)N1CCNCC1.Cc1cc(-c2ccc(CC(=O)Nc3ccc(N4CCN(C(=O)OC(C)(C)C)CC4)cn3)cc2)ccn1.O=[N+]([O-])c1ccc(Br)cn1. The van der Waals surface area contributed by atoms with E-state index in [1.807, 2.05) is 150 Å². The van der Waals surface area contributed by atoms with Gasteiger partial charge in [0.1, 0.15) is 34.0 Å².